The summed E-state index contributed by atoms with van der Waals surface area (Å²) in [5.74, 6) is 7.58. The van der Waals surface area contributed by atoms with Crippen LogP contribution in [0.4, 0.5) is 5.95 Å². The fourth-order valence-corrected chi connectivity index (χ4v) is 4.34. The van der Waals surface area contributed by atoms with Gasteiger partial charge in [0.15, 0.2) is 0 Å². The molecule has 2 aliphatic rings. The summed E-state index contributed by atoms with van der Waals surface area (Å²) in [6.45, 7) is 12.1. The molecule has 3 rings (SSSR count). The highest BCUT2D eigenvalue weighted by Crippen LogP contribution is 2.33. The number of carbonyl (C=O) groups excluding carboxylic acids is 1. The third kappa shape index (κ3) is 5.59. The highest BCUT2D eigenvalue weighted by molar-refractivity contribution is 5.80. The van der Waals surface area contributed by atoms with Gasteiger partial charge in [-0.25, -0.2) is 9.97 Å². The molecule has 30 heavy (non-hydrogen) atoms. The van der Waals surface area contributed by atoms with Crippen LogP contribution >= 0.6 is 0 Å². The Hall–Kier alpha value is -1.97. The lowest BCUT2D eigenvalue weighted by molar-refractivity contribution is -0.122. The van der Waals surface area contributed by atoms with Crippen molar-refractivity contribution in [2.45, 2.75) is 71.5 Å². The van der Waals surface area contributed by atoms with Crippen molar-refractivity contribution in [2.75, 3.05) is 38.1 Å². The van der Waals surface area contributed by atoms with Gasteiger partial charge in [0, 0.05) is 62.5 Å². The summed E-state index contributed by atoms with van der Waals surface area (Å²) in [5.41, 5.74) is 0.844. The summed E-state index contributed by atoms with van der Waals surface area (Å²) in [5, 5.41) is 0. The SMILES string of the molecule is CCC(C)N1CC2CCC(C1)N2c1ncc(C#CCN(C)CCC(=O)C(C)C)cn1. The first-order valence-corrected chi connectivity index (χ1v) is 11.4. The van der Waals surface area contributed by atoms with Crippen LogP contribution in [-0.2, 0) is 4.79 Å². The largest absolute Gasteiger partial charge is 0.332 e. The van der Waals surface area contributed by atoms with Crippen LogP contribution in [0.15, 0.2) is 12.4 Å². The second-order valence-electron chi connectivity index (χ2n) is 9.19. The van der Waals surface area contributed by atoms with Crippen LogP contribution in [0.25, 0.3) is 0 Å². The number of rotatable bonds is 8. The average Bonchev–Trinajstić information content (AvgIpc) is 3.00. The number of nitrogens with zero attached hydrogens (tertiary/aromatic N) is 5. The van der Waals surface area contributed by atoms with E-state index in [4.69, 9.17) is 0 Å². The van der Waals surface area contributed by atoms with Gasteiger partial charge < -0.3 is 4.90 Å². The van der Waals surface area contributed by atoms with E-state index in [1.807, 2.05) is 33.3 Å². The molecule has 0 saturated carbocycles. The highest BCUT2D eigenvalue weighted by atomic mass is 16.1. The zero-order valence-corrected chi connectivity index (χ0v) is 19.3. The van der Waals surface area contributed by atoms with Crippen LogP contribution in [0.1, 0.15) is 58.9 Å². The van der Waals surface area contributed by atoms with Crippen LogP contribution in [0.3, 0.4) is 0 Å². The van der Waals surface area contributed by atoms with Gasteiger partial charge in [-0.05, 0) is 33.2 Å². The van der Waals surface area contributed by atoms with Crippen molar-refractivity contribution in [1.82, 2.24) is 19.8 Å². The Morgan fingerprint density at radius 3 is 2.40 bits per heavy atom. The smallest absolute Gasteiger partial charge is 0.225 e. The van der Waals surface area contributed by atoms with Crippen LogP contribution in [-0.4, -0.2) is 76.9 Å². The van der Waals surface area contributed by atoms with Crippen molar-refractivity contribution in [3.63, 3.8) is 0 Å². The lowest BCUT2D eigenvalue weighted by Gasteiger charge is -2.43. The standard InChI is InChI=1S/C24H37N5O/c1-6-19(4)28-16-21-9-10-22(17-28)29(21)24-25-14-20(15-26-24)8-7-12-27(5)13-11-23(30)18(2)3/h14-15,18-19,21-22H,6,9-13,16-17H2,1-5H3. The molecule has 2 bridgehead atoms. The number of aromatic nitrogens is 2. The minimum absolute atomic E-state index is 0.105. The molecule has 164 valence electrons. The number of hydrogen-bond donors (Lipinski definition) is 0. The van der Waals surface area contributed by atoms with Crippen molar-refractivity contribution in [3.05, 3.63) is 18.0 Å². The highest BCUT2D eigenvalue weighted by Gasteiger charge is 2.41. The molecule has 0 amide bonds. The summed E-state index contributed by atoms with van der Waals surface area (Å²) in [6, 6.07) is 1.70. The first kappa shape index (κ1) is 22.7. The van der Waals surface area contributed by atoms with Gasteiger partial charge in [-0.15, -0.1) is 0 Å². The number of anilines is 1. The Morgan fingerprint density at radius 1 is 1.20 bits per heavy atom. The predicted octanol–water partition coefficient (Wildman–Crippen LogP) is 2.83. The lowest BCUT2D eigenvalue weighted by atomic mass is 10.1. The zero-order valence-electron chi connectivity index (χ0n) is 19.3. The maximum Gasteiger partial charge on any atom is 0.225 e. The minimum atomic E-state index is 0.105. The van der Waals surface area contributed by atoms with E-state index < -0.39 is 0 Å². The molecule has 1 aromatic heterocycles. The molecule has 0 aliphatic carbocycles. The number of likely N-dealkylation sites (tertiary alicyclic amines) is 1. The molecule has 2 saturated heterocycles. The van der Waals surface area contributed by atoms with E-state index in [1.165, 1.54) is 19.3 Å². The summed E-state index contributed by atoms with van der Waals surface area (Å²) >= 11 is 0. The summed E-state index contributed by atoms with van der Waals surface area (Å²) in [4.78, 5) is 28.2. The van der Waals surface area contributed by atoms with Gasteiger partial charge in [0.05, 0.1) is 12.1 Å². The summed E-state index contributed by atoms with van der Waals surface area (Å²) < 4.78 is 0. The van der Waals surface area contributed by atoms with Crippen molar-refractivity contribution in [3.8, 4) is 11.8 Å². The maximum atomic E-state index is 11.7. The number of fused-ring (bicyclic) bond motifs is 2. The van der Waals surface area contributed by atoms with Gasteiger partial charge in [0.25, 0.3) is 0 Å². The molecule has 0 spiro atoms. The topological polar surface area (TPSA) is 52.6 Å². The Morgan fingerprint density at radius 2 is 1.83 bits per heavy atom. The van der Waals surface area contributed by atoms with E-state index in [-0.39, 0.29) is 5.92 Å². The Kier molecular flexibility index (Phi) is 7.85. The molecule has 0 N–H and O–H groups in total. The van der Waals surface area contributed by atoms with E-state index in [9.17, 15) is 4.79 Å². The fraction of sp³-hybridized carbons (Fsp3) is 0.708. The molecule has 0 radical (unpaired) electrons. The minimum Gasteiger partial charge on any atom is -0.332 e. The first-order chi connectivity index (χ1) is 14.4. The molecule has 0 aromatic carbocycles. The number of carbonyl (C=O) groups is 1. The Balaban J connectivity index is 1.53. The van der Waals surface area contributed by atoms with Crippen molar-refractivity contribution in [2.24, 2.45) is 5.92 Å². The molecule has 3 atom stereocenters. The van der Waals surface area contributed by atoms with Gasteiger partial charge in [-0.3, -0.25) is 14.6 Å². The summed E-state index contributed by atoms with van der Waals surface area (Å²) in [6.07, 6.45) is 7.94. The van der Waals surface area contributed by atoms with Gasteiger partial charge in [-0.2, -0.15) is 0 Å². The molecule has 3 unspecified atom stereocenters. The second-order valence-corrected chi connectivity index (χ2v) is 9.19. The van der Waals surface area contributed by atoms with E-state index in [0.29, 0.717) is 36.9 Å². The fourth-order valence-electron chi connectivity index (χ4n) is 4.34. The van der Waals surface area contributed by atoms with Gasteiger partial charge in [-0.1, -0.05) is 32.6 Å². The second kappa shape index (κ2) is 10.4. The van der Waals surface area contributed by atoms with Crippen molar-refractivity contribution < 1.29 is 4.79 Å². The zero-order chi connectivity index (χ0) is 21.7. The molecule has 3 heterocycles. The van der Waals surface area contributed by atoms with Crippen molar-refractivity contribution >= 4 is 11.7 Å². The Labute approximate surface area is 182 Å². The molecule has 6 nitrogen and oxygen atoms in total. The molecule has 2 fully saturated rings. The normalized spacial score (nSPS) is 22.3. The van der Waals surface area contributed by atoms with Crippen LogP contribution in [0.2, 0.25) is 0 Å². The number of hydrogen-bond acceptors (Lipinski definition) is 6. The Bertz CT molecular complexity index is 752. The number of Topliss-reactive ketones (excluding diaryl/α,β-unsaturated/α-hetero) is 1. The lowest BCUT2D eigenvalue weighted by Crippen LogP contribution is -2.56. The molecule has 6 heteroatoms. The van der Waals surface area contributed by atoms with Crippen LogP contribution in [0, 0.1) is 17.8 Å². The van der Waals surface area contributed by atoms with Crippen LogP contribution in [0.5, 0.6) is 0 Å². The third-order valence-corrected chi connectivity index (χ3v) is 6.56. The van der Waals surface area contributed by atoms with E-state index in [0.717, 1.165) is 31.1 Å². The molecular formula is C24H37N5O. The van der Waals surface area contributed by atoms with E-state index in [2.05, 4.69) is 50.4 Å². The van der Waals surface area contributed by atoms with E-state index >= 15 is 0 Å². The molecule has 1 aromatic rings. The molecule has 2 aliphatic heterocycles. The third-order valence-electron chi connectivity index (χ3n) is 6.56. The maximum absolute atomic E-state index is 11.7. The quantitative estimate of drug-likeness (QED) is 0.613. The van der Waals surface area contributed by atoms with Gasteiger partial charge in [0.2, 0.25) is 5.95 Å². The van der Waals surface area contributed by atoms with Crippen molar-refractivity contribution in [1.29, 1.82) is 0 Å². The predicted molar refractivity (Wildman–Crippen MR) is 121 cm³/mol. The van der Waals surface area contributed by atoms with Gasteiger partial charge >= 0.3 is 0 Å². The van der Waals surface area contributed by atoms with E-state index in [1.54, 1.807) is 0 Å². The average molecular weight is 412 g/mol. The molecular weight excluding hydrogens is 374 g/mol. The van der Waals surface area contributed by atoms with Crippen LogP contribution < -0.4 is 4.90 Å². The summed E-state index contributed by atoms with van der Waals surface area (Å²) in [7, 11) is 2.00. The number of piperazine rings is 1. The monoisotopic (exact) mass is 411 g/mol. The number of ketones is 1. The van der Waals surface area contributed by atoms with Gasteiger partial charge in [0.1, 0.15) is 5.78 Å². The first-order valence-electron chi connectivity index (χ1n) is 11.4.